The maximum Gasteiger partial charge on any atom is 0.173 e. The molecule has 0 bridgehead atoms. The molecule has 1 aliphatic carbocycles. The lowest BCUT2D eigenvalue weighted by atomic mass is 10.3. The maximum atomic E-state index is 5.49. The number of hydrogen-bond acceptors (Lipinski definition) is 1. The number of thiocarbonyl (C=S) groups is 1. The first-order valence-electron chi connectivity index (χ1n) is 6.29. The van der Waals surface area contributed by atoms with Crippen molar-refractivity contribution in [3.8, 4) is 0 Å². The van der Waals surface area contributed by atoms with Crippen LogP contribution in [0, 0.1) is 5.92 Å². The van der Waals surface area contributed by atoms with Gasteiger partial charge in [-0.25, -0.2) is 0 Å². The molecule has 1 aromatic carbocycles. The fraction of sp³-hybridized carbons (Fsp3) is 0.500. The highest BCUT2D eigenvalue weighted by molar-refractivity contribution is 7.80. The molecule has 1 N–H and O–H groups in total. The summed E-state index contributed by atoms with van der Waals surface area (Å²) < 4.78 is 0. The van der Waals surface area contributed by atoms with Gasteiger partial charge in [0.15, 0.2) is 5.11 Å². The minimum Gasteiger partial charge on any atom is -0.346 e. The molecule has 0 spiro atoms. The summed E-state index contributed by atoms with van der Waals surface area (Å²) in [7, 11) is 0. The molecule has 0 aromatic heterocycles. The van der Waals surface area contributed by atoms with Crippen molar-refractivity contribution in [1.82, 2.24) is 4.90 Å². The Labute approximate surface area is 109 Å². The van der Waals surface area contributed by atoms with Gasteiger partial charge in [-0.1, -0.05) is 18.2 Å². The lowest BCUT2D eigenvalue weighted by molar-refractivity contribution is 0.341. The van der Waals surface area contributed by atoms with Crippen molar-refractivity contribution in [3.63, 3.8) is 0 Å². The Morgan fingerprint density at radius 2 is 2.00 bits per heavy atom. The predicted molar refractivity (Wildman–Crippen MR) is 77.2 cm³/mol. The average molecular weight is 248 g/mol. The van der Waals surface area contributed by atoms with Gasteiger partial charge < -0.3 is 10.2 Å². The number of para-hydroxylation sites is 1. The summed E-state index contributed by atoms with van der Waals surface area (Å²) in [6.45, 7) is 5.49. The molecule has 0 aliphatic heterocycles. The predicted octanol–water partition coefficient (Wildman–Crippen LogP) is 3.50. The van der Waals surface area contributed by atoms with Gasteiger partial charge in [0.25, 0.3) is 0 Å². The summed E-state index contributed by atoms with van der Waals surface area (Å²) in [4.78, 5) is 2.29. The van der Waals surface area contributed by atoms with Crippen molar-refractivity contribution in [2.45, 2.75) is 32.7 Å². The molecule has 2 rings (SSSR count). The monoisotopic (exact) mass is 248 g/mol. The highest BCUT2D eigenvalue weighted by Crippen LogP contribution is 2.30. The first-order valence-corrected chi connectivity index (χ1v) is 6.70. The van der Waals surface area contributed by atoms with Crippen molar-refractivity contribution in [2.75, 3.05) is 11.9 Å². The second-order valence-electron chi connectivity index (χ2n) is 4.99. The van der Waals surface area contributed by atoms with E-state index in [-0.39, 0.29) is 0 Å². The van der Waals surface area contributed by atoms with Crippen LogP contribution in [0.5, 0.6) is 0 Å². The van der Waals surface area contributed by atoms with Crippen LogP contribution in [0.15, 0.2) is 30.3 Å². The van der Waals surface area contributed by atoms with Gasteiger partial charge in [-0.15, -0.1) is 0 Å². The number of hydrogen-bond donors (Lipinski definition) is 1. The van der Waals surface area contributed by atoms with E-state index in [0.29, 0.717) is 6.04 Å². The molecular formula is C14H20N2S. The minimum absolute atomic E-state index is 0.458. The Morgan fingerprint density at radius 3 is 2.53 bits per heavy atom. The Hall–Kier alpha value is -1.09. The van der Waals surface area contributed by atoms with Crippen LogP contribution in [-0.2, 0) is 0 Å². The molecule has 1 aliphatic rings. The smallest absolute Gasteiger partial charge is 0.173 e. The van der Waals surface area contributed by atoms with E-state index in [1.165, 1.54) is 12.8 Å². The van der Waals surface area contributed by atoms with E-state index in [2.05, 4.69) is 24.1 Å². The summed E-state index contributed by atoms with van der Waals surface area (Å²) in [5, 5.41) is 4.16. The van der Waals surface area contributed by atoms with Crippen LogP contribution < -0.4 is 5.32 Å². The van der Waals surface area contributed by atoms with Gasteiger partial charge in [-0.05, 0) is 57.0 Å². The largest absolute Gasteiger partial charge is 0.346 e. The fourth-order valence-electron chi connectivity index (χ4n) is 1.82. The first kappa shape index (κ1) is 12.4. The lowest BCUT2D eigenvalue weighted by Crippen LogP contribution is -2.41. The van der Waals surface area contributed by atoms with E-state index in [9.17, 15) is 0 Å². The molecular weight excluding hydrogens is 228 g/mol. The zero-order chi connectivity index (χ0) is 12.3. The highest BCUT2D eigenvalue weighted by atomic mass is 32.1. The van der Waals surface area contributed by atoms with Gasteiger partial charge in [-0.2, -0.15) is 0 Å². The van der Waals surface area contributed by atoms with Crippen LogP contribution in [0.3, 0.4) is 0 Å². The zero-order valence-corrected chi connectivity index (χ0v) is 11.3. The molecule has 0 atom stereocenters. The SMILES string of the molecule is CC(C)N(CC1CC1)C(=S)Nc1ccccc1. The molecule has 0 unspecified atom stereocenters. The van der Waals surface area contributed by atoms with Gasteiger partial charge in [0.2, 0.25) is 0 Å². The standard InChI is InChI=1S/C14H20N2S/c1-11(2)16(10-12-8-9-12)14(17)15-13-6-4-3-5-7-13/h3-7,11-12H,8-10H2,1-2H3,(H,15,17). The van der Waals surface area contributed by atoms with Crippen LogP contribution in [-0.4, -0.2) is 22.6 Å². The summed E-state index contributed by atoms with van der Waals surface area (Å²) in [5.74, 6) is 0.855. The number of benzene rings is 1. The van der Waals surface area contributed by atoms with E-state index in [1.807, 2.05) is 30.3 Å². The van der Waals surface area contributed by atoms with Crippen LogP contribution >= 0.6 is 12.2 Å². The van der Waals surface area contributed by atoms with E-state index < -0.39 is 0 Å². The van der Waals surface area contributed by atoms with Crippen molar-refractivity contribution >= 4 is 23.0 Å². The van der Waals surface area contributed by atoms with E-state index >= 15 is 0 Å². The van der Waals surface area contributed by atoms with Crippen molar-refractivity contribution in [2.24, 2.45) is 5.92 Å². The molecule has 1 aromatic rings. The third-order valence-electron chi connectivity index (χ3n) is 3.06. The Balaban J connectivity index is 1.96. The Morgan fingerprint density at radius 1 is 1.35 bits per heavy atom. The number of rotatable bonds is 4. The molecule has 1 fully saturated rings. The minimum atomic E-state index is 0.458. The summed E-state index contributed by atoms with van der Waals surface area (Å²) in [6.07, 6.45) is 2.72. The second-order valence-corrected chi connectivity index (χ2v) is 5.37. The van der Waals surface area contributed by atoms with Gasteiger partial charge in [-0.3, -0.25) is 0 Å². The van der Waals surface area contributed by atoms with Gasteiger partial charge in [0.05, 0.1) is 0 Å². The number of anilines is 1. The Bertz CT molecular complexity index is 371. The van der Waals surface area contributed by atoms with Gasteiger partial charge in [0, 0.05) is 18.3 Å². The summed E-state index contributed by atoms with van der Waals surface area (Å²) in [6, 6.07) is 10.6. The molecule has 2 nitrogen and oxygen atoms in total. The first-order chi connectivity index (χ1) is 8.16. The van der Waals surface area contributed by atoms with Gasteiger partial charge in [0.1, 0.15) is 0 Å². The molecule has 0 saturated heterocycles. The fourth-order valence-corrected chi connectivity index (χ4v) is 2.23. The third kappa shape index (κ3) is 3.70. The number of nitrogens with one attached hydrogen (secondary N) is 1. The van der Waals surface area contributed by atoms with Crippen LogP contribution in [0.2, 0.25) is 0 Å². The van der Waals surface area contributed by atoms with Crippen LogP contribution in [0.4, 0.5) is 5.69 Å². The summed E-state index contributed by atoms with van der Waals surface area (Å²) in [5.41, 5.74) is 1.07. The molecule has 92 valence electrons. The summed E-state index contributed by atoms with van der Waals surface area (Å²) >= 11 is 5.49. The highest BCUT2D eigenvalue weighted by Gasteiger charge is 2.26. The molecule has 0 heterocycles. The quantitative estimate of drug-likeness (QED) is 0.821. The topological polar surface area (TPSA) is 15.3 Å². The number of nitrogens with zero attached hydrogens (tertiary/aromatic N) is 1. The molecule has 0 radical (unpaired) electrons. The third-order valence-corrected chi connectivity index (χ3v) is 3.40. The van der Waals surface area contributed by atoms with E-state index in [1.54, 1.807) is 0 Å². The maximum absolute atomic E-state index is 5.49. The van der Waals surface area contributed by atoms with Crippen molar-refractivity contribution in [1.29, 1.82) is 0 Å². The van der Waals surface area contributed by atoms with Crippen LogP contribution in [0.25, 0.3) is 0 Å². The van der Waals surface area contributed by atoms with Crippen molar-refractivity contribution in [3.05, 3.63) is 30.3 Å². The molecule has 1 saturated carbocycles. The van der Waals surface area contributed by atoms with E-state index in [0.717, 1.165) is 23.3 Å². The molecule has 0 amide bonds. The normalized spacial score (nSPS) is 14.8. The average Bonchev–Trinajstić information content (AvgIpc) is 3.10. The van der Waals surface area contributed by atoms with Gasteiger partial charge >= 0.3 is 0 Å². The second kappa shape index (κ2) is 5.50. The van der Waals surface area contributed by atoms with Crippen molar-refractivity contribution < 1.29 is 0 Å². The Kier molecular flexibility index (Phi) is 4.00. The van der Waals surface area contributed by atoms with E-state index in [4.69, 9.17) is 12.2 Å². The zero-order valence-electron chi connectivity index (χ0n) is 10.5. The lowest BCUT2D eigenvalue weighted by Gasteiger charge is -2.29. The molecule has 17 heavy (non-hydrogen) atoms. The molecule has 3 heteroatoms. The van der Waals surface area contributed by atoms with Crippen LogP contribution in [0.1, 0.15) is 26.7 Å².